The standard InChI is InChI=1S/C27H24N2O3/c1-18-11-13-19(14-12-18)17-29-26(30)24(21-8-4-6-10-23(21)32-2)25(27(29)31)28-16-15-20-7-3-5-9-22(20)28/h3-14H,15-17H2,1-2H3. The third-order valence-corrected chi connectivity index (χ3v) is 6.14. The smallest absolute Gasteiger partial charge is 0.278 e. The molecule has 0 radical (unpaired) electrons. The van der Waals surface area contributed by atoms with Gasteiger partial charge in [0, 0.05) is 17.8 Å². The molecule has 0 aliphatic carbocycles. The molecule has 0 unspecified atom stereocenters. The molecule has 5 heteroatoms. The minimum atomic E-state index is -0.292. The number of imide groups is 1. The molecule has 0 bridgehead atoms. The van der Waals surface area contributed by atoms with E-state index in [0.717, 1.165) is 23.2 Å². The van der Waals surface area contributed by atoms with Gasteiger partial charge in [-0.2, -0.15) is 0 Å². The van der Waals surface area contributed by atoms with Crippen molar-refractivity contribution in [2.24, 2.45) is 0 Å². The summed E-state index contributed by atoms with van der Waals surface area (Å²) in [7, 11) is 1.58. The number of para-hydroxylation sites is 2. The topological polar surface area (TPSA) is 49.9 Å². The molecule has 32 heavy (non-hydrogen) atoms. The summed E-state index contributed by atoms with van der Waals surface area (Å²) in [6, 6.07) is 23.3. The number of aryl methyl sites for hydroxylation is 1. The Bertz CT molecular complexity index is 1240. The van der Waals surface area contributed by atoms with Gasteiger partial charge < -0.3 is 9.64 Å². The number of hydrogen-bond donors (Lipinski definition) is 0. The van der Waals surface area contributed by atoms with E-state index in [1.165, 1.54) is 10.5 Å². The SMILES string of the molecule is COc1ccccc1C1=C(N2CCc3ccccc32)C(=O)N(Cc2ccc(C)cc2)C1=O. The van der Waals surface area contributed by atoms with E-state index in [-0.39, 0.29) is 18.4 Å². The largest absolute Gasteiger partial charge is 0.496 e. The number of ether oxygens (including phenoxy) is 1. The van der Waals surface area contributed by atoms with Gasteiger partial charge in [-0.05, 0) is 36.6 Å². The van der Waals surface area contributed by atoms with Crippen LogP contribution in [0.4, 0.5) is 5.69 Å². The summed E-state index contributed by atoms with van der Waals surface area (Å²) < 4.78 is 5.55. The fraction of sp³-hybridized carbons (Fsp3) is 0.185. The number of nitrogens with zero attached hydrogens (tertiary/aromatic N) is 2. The highest BCUT2D eigenvalue weighted by molar-refractivity contribution is 6.37. The lowest BCUT2D eigenvalue weighted by Gasteiger charge is -2.22. The van der Waals surface area contributed by atoms with Gasteiger partial charge in [0.2, 0.25) is 0 Å². The van der Waals surface area contributed by atoms with E-state index in [1.807, 2.05) is 78.6 Å². The van der Waals surface area contributed by atoms with E-state index in [9.17, 15) is 9.59 Å². The van der Waals surface area contributed by atoms with Crippen molar-refractivity contribution in [3.05, 3.63) is 101 Å². The molecule has 0 aromatic heterocycles. The molecule has 0 N–H and O–H groups in total. The lowest BCUT2D eigenvalue weighted by molar-refractivity contribution is -0.137. The predicted octanol–water partition coefficient (Wildman–Crippen LogP) is 4.35. The summed E-state index contributed by atoms with van der Waals surface area (Å²) in [5, 5.41) is 0. The molecule has 0 atom stereocenters. The minimum absolute atomic E-state index is 0.232. The van der Waals surface area contributed by atoms with Gasteiger partial charge in [-0.15, -0.1) is 0 Å². The highest BCUT2D eigenvalue weighted by Crippen LogP contribution is 2.41. The van der Waals surface area contributed by atoms with Gasteiger partial charge in [0.1, 0.15) is 11.4 Å². The summed E-state index contributed by atoms with van der Waals surface area (Å²) >= 11 is 0. The zero-order chi connectivity index (χ0) is 22.2. The second-order valence-electron chi connectivity index (χ2n) is 8.14. The van der Waals surface area contributed by atoms with Crippen LogP contribution in [0.15, 0.2) is 78.5 Å². The van der Waals surface area contributed by atoms with E-state index >= 15 is 0 Å². The lowest BCUT2D eigenvalue weighted by atomic mass is 10.0. The number of rotatable bonds is 5. The second kappa shape index (κ2) is 8.00. The van der Waals surface area contributed by atoms with Crippen molar-refractivity contribution in [1.82, 2.24) is 4.90 Å². The first-order chi connectivity index (χ1) is 15.6. The molecule has 5 rings (SSSR count). The fourth-order valence-corrected chi connectivity index (χ4v) is 4.50. The normalized spacial score (nSPS) is 15.6. The van der Waals surface area contributed by atoms with Gasteiger partial charge in [-0.25, -0.2) is 0 Å². The number of carbonyl (C=O) groups excluding carboxylic acids is 2. The molecule has 2 amide bonds. The molecule has 2 aliphatic rings. The zero-order valence-electron chi connectivity index (χ0n) is 18.2. The van der Waals surface area contributed by atoms with Crippen LogP contribution in [0, 0.1) is 6.92 Å². The Morgan fingerprint density at radius 1 is 0.875 bits per heavy atom. The van der Waals surface area contributed by atoms with Gasteiger partial charge in [0.05, 0.1) is 19.2 Å². The van der Waals surface area contributed by atoms with E-state index in [0.29, 0.717) is 29.1 Å². The molecule has 3 aromatic rings. The average molecular weight is 425 g/mol. The summed E-state index contributed by atoms with van der Waals surface area (Å²) in [6.45, 7) is 2.90. The number of benzene rings is 3. The van der Waals surface area contributed by atoms with Crippen LogP contribution in [0.25, 0.3) is 5.57 Å². The summed E-state index contributed by atoms with van der Waals surface area (Å²) in [4.78, 5) is 30.8. The average Bonchev–Trinajstić information content (AvgIpc) is 3.34. The Kier molecular flexibility index (Phi) is 5.02. The first-order valence-electron chi connectivity index (χ1n) is 10.7. The zero-order valence-corrected chi connectivity index (χ0v) is 18.2. The Morgan fingerprint density at radius 3 is 2.38 bits per heavy atom. The Hall–Kier alpha value is -3.86. The van der Waals surface area contributed by atoms with Crippen LogP contribution in [0.1, 0.15) is 22.3 Å². The molecular weight excluding hydrogens is 400 g/mol. The lowest BCUT2D eigenvalue weighted by Crippen LogP contribution is -2.34. The number of hydrogen-bond acceptors (Lipinski definition) is 4. The van der Waals surface area contributed by atoms with Crippen LogP contribution in [0.3, 0.4) is 0 Å². The van der Waals surface area contributed by atoms with Crippen molar-refractivity contribution in [3.8, 4) is 5.75 Å². The van der Waals surface area contributed by atoms with E-state index in [4.69, 9.17) is 4.74 Å². The number of anilines is 1. The van der Waals surface area contributed by atoms with Gasteiger partial charge in [-0.1, -0.05) is 66.2 Å². The number of amides is 2. The monoisotopic (exact) mass is 424 g/mol. The molecule has 3 aromatic carbocycles. The molecule has 0 spiro atoms. The van der Waals surface area contributed by atoms with Crippen molar-refractivity contribution in [2.45, 2.75) is 19.9 Å². The summed E-state index contributed by atoms with van der Waals surface area (Å²) in [6.07, 6.45) is 0.832. The minimum Gasteiger partial charge on any atom is -0.496 e. The van der Waals surface area contributed by atoms with Crippen LogP contribution >= 0.6 is 0 Å². The highest BCUT2D eigenvalue weighted by atomic mass is 16.5. The molecule has 2 heterocycles. The Morgan fingerprint density at radius 2 is 1.59 bits per heavy atom. The third kappa shape index (κ3) is 3.26. The molecule has 0 saturated carbocycles. The Balaban J connectivity index is 1.63. The van der Waals surface area contributed by atoms with E-state index < -0.39 is 0 Å². The second-order valence-corrected chi connectivity index (χ2v) is 8.14. The van der Waals surface area contributed by atoms with Crippen molar-refractivity contribution in [2.75, 3.05) is 18.6 Å². The predicted molar refractivity (Wildman–Crippen MR) is 124 cm³/mol. The first kappa shape index (κ1) is 20.1. The fourth-order valence-electron chi connectivity index (χ4n) is 4.50. The summed E-state index contributed by atoms with van der Waals surface area (Å²) in [5.41, 5.74) is 5.67. The van der Waals surface area contributed by atoms with Crippen LogP contribution in [-0.4, -0.2) is 30.4 Å². The van der Waals surface area contributed by atoms with Crippen LogP contribution in [-0.2, 0) is 22.6 Å². The van der Waals surface area contributed by atoms with Gasteiger partial charge in [0.25, 0.3) is 11.8 Å². The number of methoxy groups -OCH3 is 1. The van der Waals surface area contributed by atoms with Crippen molar-refractivity contribution < 1.29 is 14.3 Å². The van der Waals surface area contributed by atoms with Crippen molar-refractivity contribution >= 4 is 23.1 Å². The van der Waals surface area contributed by atoms with E-state index in [1.54, 1.807) is 7.11 Å². The van der Waals surface area contributed by atoms with Crippen LogP contribution < -0.4 is 9.64 Å². The molecule has 0 saturated heterocycles. The maximum atomic E-state index is 13.7. The first-order valence-corrected chi connectivity index (χ1v) is 10.7. The quantitative estimate of drug-likeness (QED) is 0.572. The third-order valence-electron chi connectivity index (χ3n) is 6.14. The molecular formula is C27H24N2O3. The number of fused-ring (bicyclic) bond motifs is 1. The van der Waals surface area contributed by atoms with Gasteiger partial charge >= 0.3 is 0 Å². The Labute approximate surface area is 187 Å². The van der Waals surface area contributed by atoms with E-state index in [2.05, 4.69) is 6.07 Å². The maximum absolute atomic E-state index is 13.7. The molecule has 2 aliphatic heterocycles. The molecule has 0 fully saturated rings. The van der Waals surface area contributed by atoms with Crippen molar-refractivity contribution in [3.63, 3.8) is 0 Å². The molecule has 5 nitrogen and oxygen atoms in total. The van der Waals surface area contributed by atoms with Crippen molar-refractivity contribution in [1.29, 1.82) is 0 Å². The highest BCUT2D eigenvalue weighted by Gasteiger charge is 2.44. The van der Waals surface area contributed by atoms with Crippen LogP contribution in [0.2, 0.25) is 0 Å². The number of carbonyl (C=O) groups is 2. The van der Waals surface area contributed by atoms with Gasteiger partial charge in [-0.3, -0.25) is 14.5 Å². The molecule has 160 valence electrons. The maximum Gasteiger partial charge on any atom is 0.278 e. The summed E-state index contributed by atoms with van der Waals surface area (Å²) in [5.74, 6) is 0.0125. The van der Waals surface area contributed by atoms with Crippen LogP contribution in [0.5, 0.6) is 5.75 Å². The van der Waals surface area contributed by atoms with Gasteiger partial charge in [0.15, 0.2) is 0 Å².